The maximum Gasteiger partial charge on any atom is 0.0648 e. The lowest BCUT2D eigenvalue weighted by atomic mass is 10.1. The first-order chi connectivity index (χ1) is 9.17. The van der Waals surface area contributed by atoms with Gasteiger partial charge in [-0.3, -0.25) is 0 Å². The van der Waals surface area contributed by atoms with Crippen LogP contribution in [0.25, 0.3) is 0 Å². The van der Waals surface area contributed by atoms with Crippen LogP contribution in [0.2, 0.25) is 0 Å². The van der Waals surface area contributed by atoms with E-state index in [2.05, 4.69) is 55.0 Å². The Kier molecular flexibility index (Phi) is 4.83. The van der Waals surface area contributed by atoms with Crippen LogP contribution in [0.5, 0.6) is 0 Å². The molecule has 0 saturated carbocycles. The van der Waals surface area contributed by atoms with Crippen LogP contribution in [-0.2, 0) is 6.42 Å². The van der Waals surface area contributed by atoms with Gasteiger partial charge in [-0.15, -0.1) is 0 Å². The molecule has 1 N–H and O–H groups in total. The molecule has 1 aliphatic heterocycles. The molecule has 2 rings (SSSR count). The second-order valence-corrected chi connectivity index (χ2v) is 5.59. The highest BCUT2D eigenvalue weighted by Crippen LogP contribution is 2.26. The number of likely N-dealkylation sites (N-methyl/N-ethyl adjacent to an activating group) is 1. The summed E-state index contributed by atoms with van der Waals surface area (Å²) in [4.78, 5) is 4.76. The zero-order valence-electron chi connectivity index (χ0n) is 12.3. The van der Waals surface area contributed by atoms with Crippen molar-refractivity contribution in [2.45, 2.75) is 38.8 Å². The summed E-state index contributed by atoms with van der Waals surface area (Å²) in [5.41, 5.74) is 2.67. The van der Waals surface area contributed by atoms with Gasteiger partial charge < -0.3 is 14.9 Å². The molecule has 3 heteroatoms. The van der Waals surface area contributed by atoms with Crippen LogP contribution in [0.15, 0.2) is 24.3 Å². The Morgan fingerprint density at radius 2 is 2.05 bits per heavy atom. The highest BCUT2D eigenvalue weighted by molar-refractivity contribution is 5.54. The zero-order valence-corrected chi connectivity index (χ0v) is 12.3. The molecule has 2 unspecified atom stereocenters. The smallest absolute Gasteiger partial charge is 0.0648 e. The van der Waals surface area contributed by atoms with E-state index in [0.29, 0.717) is 6.04 Å². The molecular weight excluding hydrogens is 236 g/mol. The van der Waals surface area contributed by atoms with E-state index >= 15 is 0 Å². The molecule has 0 radical (unpaired) electrons. The van der Waals surface area contributed by atoms with Crippen molar-refractivity contribution in [1.82, 2.24) is 4.90 Å². The van der Waals surface area contributed by atoms with Crippen molar-refractivity contribution in [3.8, 4) is 0 Å². The molecule has 1 saturated heterocycles. The predicted octanol–water partition coefficient (Wildman–Crippen LogP) is 2.14. The van der Waals surface area contributed by atoms with Crippen LogP contribution in [0.1, 0.15) is 25.8 Å². The third-order valence-corrected chi connectivity index (χ3v) is 4.37. The van der Waals surface area contributed by atoms with Crippen molar-refractivity contribution in [3.63, 3.8) is 0 Å². The Morgan fingerprint density at radius 3 is 2.74 bits per heavy atom. The molecule has 106 valence electrons. The van der Waals surface area contributed by atoms with E-state index in [1.165, 1.54) is 11.3 Å². The van der Waals surface area contributed by atoms with Crippen molar-refractivity contribution < 1.29 is 5.11 Å². The Bertz CT molecular complexity index is 407. The first kappa shape index (κ1) is 14.4. The second kappa shape index (κ2) is 6.40. The van der Waals surface area contributed by atoms with Crippen molar-refractivity contribution in [2.75, 3.05) is 31.6 Å². The van der Waals surface area contributed by atoms with Gasteiger partial charge in [-0.05, 0) is 38.4 Å². The summed E-state index contributed by atoms with van der Waals surface area (Å²) in [5.74, 6) is 0. The molecular formula is C16H26N2O. The number of para-hydroxylation sites is 1. The Labute approximate surface area is 116 Å². The lowest BCUT2D eigenvalue weighted by molar-refractivity contribution is 0.206. The molecule has 0 aromatic heterocycles. The fraction of sp³-hybridized carbons (Fsp3) is 0.625. The van der Waals surface area contributed by atoms with Gasteiger partial charge in [0, 0.05) is 24.8 Å². The van der Waals surface area contributed by atoms with Crippen molar-refractivity contribution in [3.05, 3.63) is 29.8 Å². The van der Waals surface area contributed by atoms with E-state index in [1.807, 2.05) is 0 Å². The van der Waals surface area contributed by atoms with Crippen molar-refractivity contribution >= 4 is 5.69 Å². The van der Waals surface area contributed by atoms with Gasteiger partial charge in [0.15, 0.2) is 0 Å². The van der Waals surface area contributed by atoms with E-state index in [0.717, 1.165) is 25.9 Å². The number of benzene rings is 1. The Balaban J connectivity index is 2.30. The van der Waals surface area contributed by atoms with Gasteiger partial charge in [-0.2, -0.15) is 0 Å². The van der Waals surface area contributed by atoms with Gasteiger partial charge in [0.1, 0.15) is 0 Å². The lowest BCUT2D eigenvalue weighted by Crippen LogP contribution is -2.43. The second-order valence-electron chi connectivity index (χ2n) is 5.59. The van der Waals surface area contributed by atoms with E-state index in [1.54, 1.807) is 0 Å². The van der Waals surface area contributed by atoms with E-state index in [-0.39, 0.29) is 12.6 Å². The standard InChI is InChI=1S/C16H26N2O/c1-4-14-7-5-6-8-16(14)18-10-9-13(2)17(3)11-15(18)12-19/h5-8,13,15,19H,4,9-12H2,1-3H3. The highest BCUT2D eigenvalue weighted by atomic mass is 16.3. The fourth-order valence-electron chi connectivity index (χ4n) is 2.90. The average molecular weight is 262 g/mol. The minimum Gasteiger partial charge on any atom is -0.394 e. The number of aryl methyl sites for hydroxylation is 1. The van der Waals surface area contributed by atoms with Crippen LogP contribution in [0.3, 0.4) is 0 Å². The SMILES string of the molecule is CCc1ccccc1N1CCC(C)N(C)CC1CO. The van der Waals surface area contributed by atoms with Crippen LogP contribution >= 0.6 is 0 Å². The minimum atomic E-state index is 0.197. The van der Waals surface area contributed by atoms with Gasteiger partial charge in [0.05, 0.1) is 12.6 Å². The largest absolute Gasteiger partial charge is 0.394 e. The van der Waals surface area contributed by atoms with Gasteiger partial charge in [-0.1, -0.05) is 25.1 Å². The summed E-state index contributed by atoms with van der Waals surface area (Å²) in [6, 6.07) is 9.36. The van der Waals surface area contributed by atoms with Crippen LogP contribution in [0, 0.1) is 0 Å². The molecule has 1 aromatic rings. The lowest BCUT2D eigenvalue weighted by Gasteiger charge is -2.33. The topological polar surface area (TPSA) is 26.7 Å². The fourth-order valence-corrected chi connectivity index (χ4v) is 2.90. The van der Waals surface area contributed by atoms with Gasteiger partial charge in [0.25, 0.3) is 0 Å². The van der Waals surface area contributed by atoms with E-state index in [4.69, 9.17) is 0 Å². The van der Waals surface area contributed by atoms with Crippen LogP contribution in [0.4, 0.5) is 5.69 Å². The summed E-state index contributed by atoms with van der Waals surface area (Å²) in [6.45, 7) is 6.63. The van der Waals surface area contributed by atoms with Gasteiger partial charge >= 0.3 is 0 Å². The van der Waals surface area contributed by atoms with Crippen molar-refractivity contribution in [2.24, 2.45) is 0 Å². The van der Waals surface area contributed by atoms with E-state index < -0.39 is 0 Å². The molecule has 0 spiro atoms. The molecule has 0 bridgehead atoms. The summed E-state index contributed by atoms with van der Waals surface area (Å²) in [5, 5.41) is 9.75. The molecule has 1 fully saturated rings. The van der Waals surface area contributed by atoms with E-state index in [9.17, 15) is 5.11 Å². The highest BCUT2D eigenvalue weighted by Gasteiger charge is 2.27. The summed E-state index contributed by atoms with van der Waals surface area (Å²) in [7, 11) is 2.16. The quantitative estimate of drug-likeness (QED) is 0.904. The zero-order chi connectivity index (χ0) is 13.8. The van der Waals surface area contributed by atoms with Gasteiger partial charge in [-0.25, -0.2) is 0 Å². The number of hydrogen-bond acceptors (Lipinski definition) is 3. The molecule has 0 amide bonds. The number of aliphatic hydroxyl groups is 1. The number of aliphatic hydroxyl groups excluding tert-OH is 1. The molecule has 0 aliphatic carbocycles. The molecule has 19 heavy (non-hydrogen) atoms. The Morgan fingerprint density at radius 1 is 1.32 bits per heavy atom. The molecule has 2 atom stereocenters. The summed E-state index contributed by atoms with van der Waals surface area (Å²) >= 11 is 0. The maximum absolute atomic E-state index is 9.75. The van der Waals surface area contributed by atoms with Crippen LogP contribution < -0.4 is 4.90 Å². The molecule has 1 aliphatic rings. The van der Waals surface area contributed by atoms with Crippen molar-refractivity contribution in [1.29, 1.82) is 0 Å². The maximum atomic E-state index is 9.75. The predicted molar refractivity (Wildman–Crippen MR) is 80.7 cm³/mol. The number of nitrogens with zero attached hydrogens (tertiary/aromatic N) is 2. The summed E-state index contributed by atoms with van der Waals surface area (Å²) < 4.78 is 0. The van der Waals surface area contributed by atoms with Crippen LogP contribution in [-0.4, -0.2) is 48.8 Å². The minimum absolute atomic E-state index is 0.197. The third kappa shape index (κ3) is 3.10. The Hall–Kier alpha value is -1.06. The molecule has 3 nitrogen and oxygen atoms in total. The summed E-state index contributed by atoms with van der Waals surface area (Å²) in [6.07, 6.45) is 2.18. The number of anilines is 1. The normalized spacial score (nSPS) is 25.4. The number of rotatable bonds is 3. The molecule has 1 heterocycles. The monoisotopic (exact) mass is 262 g/mol. The van der Waals surface area contributed by atoms with Gasteiger partial charge in [0.2, 0.25) is 0 Å². The molecule has 1 aromatic carbocycles. The first-order valence-electron chi connectivity index (χ1n) is 7.33. The number of hydrogen-bond donors (Lipinski definition) is 1. The average Bonchev–Trinajstić information content (AvgIpc) is 2.59. The first-order valence-corrected chi connectivity index (χ1v) is 7.33. The third-order valence-electron chi connectivity index (χ3n) is 4.37.